The number of nitrogens with one attached hydrogen (secondary N) is 2. The molecule has 0 aliphatic rings. The second-order valence-electron chi connectivity index (χ2n) is 4.55. The second kappa shape index (κ2) is 7.09. The van der Waals surface area contributed by atoms with Gasteiger partial charge in [-0.3, -0.25) is 4.79 Å². The van der Waals surface area contributed by atoms with Crippen molar-refractivity contribution in [3.05, 3.63) is 58.9 Å². The standard InChI is InChI=1S/C16H16ClFN2O/c1-2-9-19-14-6-4-3-5-12(14)16(21)20-15-10-11(17)7-8-13(15)18/h3-8,10,19H,2,9H2,1H3,(H,20,21). The lowest BCUT2D eigenvalue weighted by atomic mass is 10.1. The largest absolute Gasteiger partial charge is 0.384 e. The van der Waals surface area contributed by atoms with Crippen molar-refractivity contribution in [2.75, 3.05) is 17.2 Å². The smallest absolute Gasteiger partial charge is 0.257 e. The molecule has 2 aromatic carbocycles. The molecule has 0 fully saturated rings. The summed E-state index contributed by atoms with van der Waals surface area (Å²) in [6, 6.07) is 11.2. The monoisotopic (exact) mass is 306 g/mol. The van der Waals surface area contributed by atoms with Gasteiger partial charge < -0.3 is 10.6 Å². The lowest BCUT2D eigenvalue weighted by Crippen LogP contribution is -2.15. The van der Waals surface area contributed by atoms with E-state index >= 15 is 0 Å². The number of halogens is 2. The third-order valence-corrected chi connectivity index (χ3v) is 3.15. The Morgan fingerprint density at radius 2 is 1.95 bits per heavy atom. The average molecular weight is 307 g/mol. The summed E-state index contributed by atoms with van der Waals surface area (Å²) in [7, 11) is 0. The van der Waals surface area contributed by atoms with Crippen LogP contribution in [0.4, 0.5) is 15.8 Å². The summed E-state index contributed by atoms with van der Waals surface area (Å²) < 4.78 is 13.7. The zero-order valence-electron chi connectivity index (χ0n) is 11.6. The number of amides is 1. The fraction of sp³-hybridized carbons (Fsp3) is 0.188. The quantitative estimate of drug-likeness (QED) is 0.850. The van der Waals surface area contributed by atoms with E-state index in [-0.39, 0.29) is 11.6 Å². The zero-order valence-corrected chi connectivity index (χ0v) is 12.4. The number of para-hydroxylation sites is 1. The van der Waals surface area contributed by atoms with E-state index in [2.05, 4.69) is 10.6 Å². The summed E-state index contributed by atoms with van der Waals surface area (Å²) in [6.07, 6.45) is 0.943. The van der Waals surface area contributed by atoms with Gasteiger partial charge in [0.05, 0.1) is 11.3 Å². The van der Waals surface area contributed by atoms with E-state index in [0.717, 1.165) is 18.7 Å². The number of hydrogen-bond donors (Lipinski definition) is 2. The highest BCUT2D eigenvalue weighted by Crippen LogP contribution is 2.22. The van der Waals surface area contributed by atoms with Crippen molar-refractivity contribution in [1.82, 2.24) is 0 Å². The van der Waals surface area contributed by atoms with Gasteiger partial charge in [0.2, 0.25) is 0 Å². The highest BCUT2D eigenvalue weighted by Gasteiger charge is 2.13. The van der Waals surface area contributed by atoms with Crippen molar-refractivity contribution in [3.8, 4) is 0 Å². The van der Waals surface area contributed by atoms with Crippen molar-refractivity contribution in [2.45, 2.75) is 13.3 Å². The Morgan fingerprint density at radius 3 is 2.71 bits per heavy atom. The second-order valence-corrected chi connectivity index (χ2v) is 4.99. The molecule has 3 nitrogen and oxygen atoms in total. The Balaban J connectivity index is 2.22. The Kier molecular flexibility index (Phi) is 5.17. The van der Waals surface area contributed by atoms with Gasteiger partial charge in [0, 0.05) is 17.3 Å². The fourth-order valence-corrected chi connectivity index (χ4v) is 2.05. The van der Waals surface area contributed by atoms with E-state index in [0.29, 0.717) is 10.6 Å². The third kappa shape index (κ3) is 3.95. The van der Waals surface area contributed by atoms with E-state index in [1.807, 2.05) is 19.1 Å². The predicted octanol–water partition coefficient (Wildman–Crippen LogP) is 4.55. The normalized spacial score (nSPS) is 10.2. The minimum absolute atomic E-state index is 0.0674. The van der Waals surface area contributed by atoms with Crippen LogP contribution in [0.2, 0.25) is 5.02 Å². The molecule has 0 atom stereocenters. The zero-order chi connectivity index (χ0) is 15.2. The highest BCUT2D eigenvalue weighted by molar-refractivity contribution is 6.31. The maximum atomic E-state index is 13.7. The first-order valence-corrected chi connectivity index (χ1v) is 7.09. The molecule has 0 unspecified atom stereocenters. The van der Waals surface area contributed by atoms with Gasteiger partial charge in [0.25, 0.3) is 5.91 Å². The van der Waals surface area contributed by atoms with Crippen LogP contribution >= 0.6 is 11.6 Å². The van der Waals surface area contributed by atoms with E-state index in [1.54, 1.807) is 12.1 Å². The number of anilines is 2. The molecule has 21 heavy (non-hydrogen) atoms. The van der Waals surface area contributed by atoms with Gasteiger partial charge in [-0.1, -0.05) is 30.7 Å². The molecule has 2 N–H and O–H groups in total. The SMILES string of the molecule is CCCNc1ccccc1C(=O)Nc1cc(Cl)ccc1F. The van der Waals surface area contributed by atoms with Crippen LogP contribution in [0.1, 0.15) is 23.7 Å². The molecule has 0 aromatic heterocycles. The molecule has 0 aliphatic carbocycles. The van der Waals surface area contributed by atoms with Crippen LogP contribution in [0, 0.1) is 5.82 Å². The summed E-state index contributed by atoms with van der Waals surface area (Å²) >= 11 is 5.82. The minimum atomic E-state index is -0.522. The van der Waals surface area contributed by atoms with Gasteiger partial charge in [-0.05, 0) is 36.8 Å². The van der Waals surface area contributed by atoms with Gasteiger partial charge in [0.15, 0.2) is 0 Å². The van der Waals surface area contributed by atoms with Gasteiger partial charge in [-0.25, -0.2) is 4.39 Å². The van der Waals surface area contributed by atoms with Crippen LogP contribution in [0.25, 0.3) is 0 Å². The van der Waals surface area contributed by atoms with Crippen molar-refractivity contribution in [2.24, 2.45) is 0 Å². The summed E-state index contributed by atoms with van der Waals surface area (Å²) in [4.78, 5) is 12.3. The number of benzene rings is 2. The molecule has 0 saturated heterocycles. The highest BCUT2D eigenvalue weighted by atomic mass is 35.5. The van der Waals surface area contributed by atoms with E-state index in [1.165, 1.54) is 18.2 Å². The molecule has 2 aromatic rings. The molecule has 5 heteroatoms. The minimum Gasteiger partial charge on any atom is -0.384 e. The van der Waals surface area contributed by atoms with Crippen LogP contribution < -0.4 is 10.6 Å². The average Bonchev–Trinajstić information content (AvgIpc) is 2.49. The van der Waals surface area contributed by atoms with Crippen LogP contribution in [-0.2, 0) is 0 Å². The molecule has 0 bridgehead atoms. The third-order valence-electron chi connectivity index (χ3n) is 2.91. The van der Waals surface area contributed by atoms with Crippen LogP contribution in [0.5, 0.6) is 0 Å². The summed E-state index contributed by atoms with van der Waals surface area (Å²) in [5.41, 5.74) is 1.25. The molecule has 0 saturated carbocycles. The van der Waals surface area contributed by atoms with Gasteiger partial charge in [-0.2, -0.15) is 0 Å². The van der Waals surface area contributed by atoms with E-state index in [4.69, 9.17) is 11.6 Å². The molecular formula is C16H16ClFN2O. The van der Waals surface area contributed by atoms with Crippen LogP contribution in [-0.4, -0.2) is 12.5 Å². The molecule has 0 radical (unpaired) electrons. The fourth-order valence-electron chi connectivity index (χ4n) is 1.88. The number of carbonyl (C=O) groups is 1. The maximum absolute atomic E-state index is 13.7. The van der Waals surface area contributed by atoms with Crippen LogP contribution in [0.15, 0.2) is 42.5 Å². The summed E-state index contributed by atoms with van der Waals surface area (Å²) in [5, 5.41) is 6.09. The predicted molar refractivity (Wildman–Crippen MR) is 84.6 cm³/mol. The summed E-state index contributed by atoms with van der Waals surface area (Å²) in [6.45, 7) is 2.80. The molecule has 1 amide bonds. The Bertz CT molecular complexity index is 646. The molecule has 0 spiro atoms. The molecule has 2 rings (SSSR count). The first-order valence-electron chi connectivity index (χ1n) is 6.71. The number of hydrogen-bond acceptors (Lipinski definition) is 2. The molecule has 0 aliphatic heterocycles. The summed E-state index contributed by atoms with van der Waals surface area (Å²) in [5.74, 6) is -0.901. The molecule has 110 valence electrons. The van der Waals surface area contributed by atoms with Crippen LogP contribution in [0.3, 0.4) is 0 Å². The van der Waals surface area contributed by atoms with Gasteiger partial charge in [0.1, 0.15) is 5.82 Å². The topological polar surface area (TPSA) is 41.1 Å². The van der Waals surface area contributed by atoms with Crippen molar-refractivity contribution in [1.29, 1.82) is 0 Å². The Hall–Kier alpha value is -2.07. The number of carbonyl (C=O) groups excluding carboxylic acids is 1. The van der Waals surface area contributed by atoms with Crippen molar-refractivity contribution >= 4 is 28.9 Å². The first-order chi connectivity index (χ1) is 10.1. The molecular weight excluding hydrogens is 291 g/mol. The Morgan fingerprint density at radius 1 is 1.19 bits per heavy atom. The van der Waals surface area contributed by atoms with E-state index in [9.17, 15) is 9.18 Å². The van der Waals surface area contributed by atoms with Gasteiger partial charge >= 0.3 is 0 Å². The maximum Gasteiger partial charge on any atom is 0.257 e. The first kappa shape index (κ1) is 15.3. The Labute approximate surface area is 128 Å². The van der Waals surface area contributed by atoms with Gasteiger partial charge in [-0.15, -0.1) is 0 Å². The molecule has 0 heterocycles. The lowest BCUT2D eigenvalue weighted by molar-refractivity contribution is 0.102. The number of rotatable bonds is 5. The lowest BCUT2D eigenvalue weighted by Gasteiger charge is -2.12. The van der Waals surface area contributed by atoms with Crippen molar-refractivity contribution in [3.63, 3.8) is 0 Å². The van der Waals surface area contributed by atoms with Crippen molar-refractivity contribution < 1.29 is 9.18 Å². The van der Waals surface area contributed by atoms with E-state index < -0.39 is 5.82 Å².